The number of nitrogens with zero attached hydrogens (tertiary/aromatic N) is 2. The summed E-state index contributed by atoms with van der Waals surface area (Å²) in [6.45, 7) is 0. The van der Waals surface area contributed by atoms with Gasteiger partial charge in [-0.2, -0.15) is 5.26 Å². The maximum atomic E-state index is 14.4. The van der Waals surface area contributed by atoms with Crippen molar-refractivity contribution in [3.63, 3.8) is 0 Å². The van der Waals surface area contributed by atoms with Crippen LogP contribution in [0.3, 0.4) is 0 Å². The number of carbonyl (C=O) groups is 2. The number of anilines is 1. The summed E-state index contributed by atoms with van der Waals surface area (Å²) in [5.74, 6) is -3.17. The molecule has 0 aliphatic carbocycles. The van der Waals surface area contributed by atoms with E-state index in [2.05, 4.69) is 6.07 Å². The molecule has 2 N–H and O–H groups in total. The molecule has 3 aromatic carbocycles. The van der Waals surface area contributed by atoms with Gasteiger partial charge in [0.05, 0.1) is 44.5 Å². The van der Waals surface area contributed by atoms with Crippen molar-refractivity contribution >= 4 is 17.6 Å². The van der Waals surface area contributed by atoms with Crippen molar-refractivity contribution in [2.24, 2.45) is 5.73 Å². The first-order valence-corrected chi connectivity index (χ1v) is 11.5. The topological polar surface area (TPSA) is 115 Å². The summed E-state index contributed by atoms with van der Waals surface area (Å²) in [6.07, 6.45) is 0. The minimum atomic E-state index is -0.974. The van der Waals surface area contributed by atoms with Gasteiger partial charge in [-0.3, -0.25) is 4.90 Å². The second kappa shape index (κ2) is 10.9. The van der Waals surface area contributed by atoms with Gasteiger partial charge in [0.2, 0.25) is 0 Å². The molecule has 1 heterocycles. The highest BCUT2D eigenvalue weighted by Gasteiger charge is 2.43. The molecule has 0 fully saturated rings. The lowest BCUT2D eigenvalue weighted by atomic mass is 9.81. The number of rotatable bonds is 6. The van der Waals surface area contributed by atoms with Crippen molar-refractivity contribution in [3.8, 4) is 22.9 Å². The third-order valence-corrected chi connectivity index (χ3v) is 6.20. The number of allylic oxidation sites excluding steroid dienone is 1. The first-order chi connectivity index (χ1) is 18.4. The molecule has 1 aliphatic rings. The van der Waals surface area contributed by atoms with E-state index in [1.165, 1.54) is 38.4 Å². The number of benzene rings is 3. The normalized spacial score (nSPS) is 15.1. The lowest BCUT2D eigenvalue weighted by Gasteiger charge is -2.36. The zero-order chi connectivity index (χ0) is 27.4. The molecule has 4 rings (SSSR count). The van der Waals surface area contributed by atoms with E-state index in [4.69, 9.17) is 19.9 Å². The summed E-state index contributed by atoms with van der Waals surface area (Å²) in [4.78, 5) is 27.7. The Hall–Kier alpha value is -5.10. The first kappa shape index (κ1) is 26.0. The molecule has 0 spiro atoms. The summed E-state index contributed by atoms with van der Waals surface area (Å²) >= 11 is 0. The number of halogens is 1. The van der Waals surface area contributed by atoms with E-state index in [1.807, 2.05) is 0 Å². The van der Waals surface area contributed by atoms with E-state index < -0.39 is 23.7 Å². The summed E-state index contributed by atoms with van der Waals surface area (Å²) in [6, 6.07) is 22.1. The van der Waals surface area contributed by atoms with Crippen LogP contribution in [0, 0.1) is 17.1 Å². The van der Waals surface area contributed by atoms with Crippen LogP contribution in [0.4, 0.5) is 10.1 Å². The fourth-order valence-electron chi connectivity index (χ4n) is 4.45. The average molecular weight is 514 g/mol. The molecule has 1 atom stereocenters. The van der Waals surface area contributed by atoms with Crippen LogP contribution in [-0.4, -0.2) is 33.3 Å². The van der Waals surface area contributed by atoms with Crippen LogP contribution < -0.4 is 15.4 Å². The zero-order valence-electron chi connectivity index (χ0n) is 20.9. The second-order valence-electron chi connectivity index (χ2n) is 8.23. The summed E-state index contributed by atoms with van der Waals surface area (Å²) in [5.41, 5.74) is 8.33. The van der Waals surface area contributed by atoms with E-state index >= 15 is 0 Å². The molecule has 0 saturated heterocycles. The lowest BCUT2D eigenvalue weighted by molar-refractivity contribution is -0.139. The first-order valence-electron chi connectivity index (χ1n) is 11.5. The lowest BCUT2D eigenvalue weighted by Crippen LogP contribution is -2.40. The van der Waals surface area contributed by atoms with Crippen molar-refractivity contribution in [2.75, 3.05) is 26.2 Å². The van der Waals surface area contributed by atoms with Gasteiger partial charge in [-0.25, -0.2) is 14.0 Å². The van der Waals surface area contributed by atoms with Crippen LogP contribution in [0.5, 0.6) is 5.75 Å². The van der Waals surface area contributed by atoms with Crippen LogP contribution in [0.1, 0.15) is 11.5 Å². The van der Waals surface area contributed by atoms with Gasteiger partial charge in [-0.1, -0.05) is 48.5 Å². The maximum Gasteiger partial charge on any atom is 0.355 e. The van der Waals surface area contributed by atoms with Crippen LogP contribution >= 0.6 is 0 Å². The van der Waals surface area contributed by atoms with E-state index in [0.717, 1.165) is 0 Å². The third kappa shape index (κ3) is 4.55. The Kier molecular flexibility index (Phi) is 7.44. The molecule has 0 aromatic heterocycles. The molecule has 9 heteroatoms. The van der Waals surface area contributed by atoms with Crippen LogP contribution in [0.25, 0.3) is 11.1 Å². The van der Waals surface area contributed by atoms with Crippen LogP contribution in [0.2, 0.25) is 0 Å². The van der Waals surface area contributed by atoms with Crippen LogP contribution in [-0.2, 0) is 19.1 Å². The number of methoxy groups -OCH3 is 3. The molecule has 1 unspecified atom stereocenters. The van der Waals surface area contributed by atoms with E-state index in [1.54, 1.807) is 60.7 Å². The van der Waals surface area contributed by atoms with Gasteiger partial charge < -0.3 is 19.9 Å². The third-order valence-electron chi connectivity index (χ3n) is 6.20. The molecule has 0 bridgehead atoms. The van der Waals surface area contributed by atoms with Gasteiger partial charge >= 0.3 is 11.9 Å². The van der Waals surface area contributed by atoms with Crippen molar-refractivity contribution in [1.82, 2.24) is 0 Å². The Morgan fingerprint density at radius 3 is 2.21 bits per heavy atom. The van der Waals surface area contributed by atoms with Crippen molar-refractivity contribution in [3.05, 3.63) is 107 Å². The highest BCUT2D eigenvalue weighted by molar-refractivity contribution is 6.06. The summed E-state index contributed by atoms with van der Waals surface area (Å²) in [7, 11) is 3.73. The Morgan fingerprint density at radius 2 is 1.61 bits per heavy atom. The minimum Gasteiger partial charge on any atom is -0.494 e. The molecule has 38 heavy (non-hydrogen) atoms. The molecular weight excluding hydrogens is 489 g/mol. The highest BCUT2D eigenvalue weighted by atomic mass is 19.1. The van der Waals surface area contributed by atoms with E-state index in [9.17, 15) is 19.2 Å². The number of hydrogen-bond acceptors (Lipinski definition) is 8. The largest absolute Gasteiger partial charge is 0.494 e. The van der Waals surface area contributed by atoms with Gasteiger partial charge in [0.15, 0.2) is 11.6 Å². The summed E-state index contributed by atoms with van der Waals surface area (Å²) in [5, 5.41) is 10.2. The predicted molar refractivity (Wildman–Crippen MR) is 138 cm³/mol. The molecule has 0 saturated carbocycles. The van der Waals surface area contributed by atoms with Crippen molar-refractivity contribution in [1.29, 1.82) is 5.26 Å². The Labute approximate surface area is 218 Å². The molecule has 0 radical (unpaired) electrons. The number of nitriles is 1. The molecule has 0 amide bonds. The average Bonchev–Trinajstić information content (AvgIpc) is 2.96. The fourth-order valence-corrected chi connectivity index (χ4v) is 4.45. The highest BCUT2D eigenvalue weighted by Crippen LogP contribution is 2.43. The number of carbonyl (C=O) groups excluding carboxylic acids is 2. The summed E-state index contributed by atoms with van der Waals surface area (Å²) < 4.78 is 29.5. The monoisotopic (exact) mass is 513 g/mol. The second-order valence-corrected chi connectivity index (χ2v) is 8.23. The van der Waals surface area contributed by atoms with Gasteiger partial charge in [-0.15, -0.1) is 0 Å². The SMILES string of the molecule is COC(=O)C1=C(C(=O)OC)N(c2cccc(-c3ccc(OC)c(F)c3)c2)C(N)=C(C#N)C1c1ccccc1. The molecule has 3 aromatic rings. The molecule has 1 aliphatic heterocycles. The van der Waals surface area contributed by atoms with Gasteiger partial charge in [-0.05, 0) is 41.0 Å². The van der Waals surface area contributed by atoms with E-state index in [0.29, 0.717) is 22.4 Å². The number of ether oxygens (including phenoxy) is 3. The van der Waals surface area contributed by atoms with Crippen LogP contribution in [0.15, 0.2) is 95.5 Å². The smallest absolute Gasteiger partial charge is 0.355 e. The predicted octanol–water partition coefficient (Wildman–Crippen LogP) is 4.40. The maximum absolute atomic E-state index is 14.4. The number of hydrogen-bond donors (Lipinski definition) is 1. The van der Waals surface area contributed by atoms with Crippen molar-refractivity contribution in [2.45, 2.75) is 5.92 Å². The minimum absolute atomic E-state index is 0.0464. The van der Waals surface area contributed by atoms with E-state index in [-0.39, 0.29) is 28.4 Å². The number of esters is 2. The fraction of sp³-hybridized carbons (Fsp3) is 0.138. The molecule has 192 valence electrons. The Morgan fingerprint density at radius 1 is 0.921 bits per heavy atom. The standard InChI is InChI=1S/C29H24FN3O5/c1-36-23-13-12-19(15-22(23)30)18-10-7-11-20(14-18)33-26(29(35)38-3)25(28(34)37-2)24(21(16-31)27(33)32)17-8-5-4-6-9-17/h4-15,24H,32H2,1-3H3. The quantitative estimate of drug-likeness (QED) is 0.483. The Bertz CT molecular complexity index is 1510. The Balaban J connectivity index is 1.98. The molecule has 8 nitrogen and oxygen atoms in total. The zero-order valence-corrected chi connectivity index (χ0v) is 20.9. The van der Waals surface area contributed by atoms with Gasteiger partial charge in [0.25, 0.3) is 0 Å². The van der Waals surface area contributed by atoms with Crippen molar-refractivity contribution < 1.29 is 28.2 Å². The van der Waals surface area contributed by atoms with Gasteiger partial charge in [0.1, 0.15) is 11.5 Å². The number of nitrogens with two attached hydrogens (primary N) is 1. The van der Waals surface area contributed by atoms with Gasteiger partial charge in [0, 0.05) is 5.69 Å². The molecular formula is C29H24FN3O5.